The van der Waals surface area contributed by atoms with Crippen molar-refractivity contribution < 1.29 is 13.5 Å². The standard InChI is InChI=1S/C11H22N2O3S2/c14-10-11-2-5-13(6-3-11)18(15,16)12-4-1-8-17-9-7-12/h11,14H,1-10H2. The fourth-order valence-electron chi connectivity index (χ4n) is 2.44. The molecule has 5 nitrogen and oxygen atoms in total. The van der Waals surface area contributed by atoms with Gasteiger partial charge < -0.3 is 5.11 Å². The molecule has 0 bridgehead atoms. The largest absolute Gasteiger partial charge is 0.396 e. The molecule has 0 aromatic carbocycles. The van der Waals surface area contributed by atoms with Crippen molar-refractivity contribution in [3.05, 3.63) is 0 Å². The normalized spacial score (nSPS) is 26.1. The van der Waals surface area contributed by atoms with Crippen molar-refractivity contribution >= 4 is 22.0 Å². The lowest BCUT2D eigenvalue weighted by Gasteiger charge is -2.34. The van der Waals surface area contributed by atoms with Crippen LogP contribution in [0.2, 0.25) is 0 Å². The summed E-state index contributed by atoms with van der Waals surface area (Å²) in [5, 5.41) is 9.08. The summed E-state index contributed by atoms with van der Waals surface area (Å²) in [6.07, 6.45) is 2.49. The number of aliphatic hydroxyl groups excluding tert-OH is 1. The first-order valence-corrected chi connectivity index (χ1v) is 9.13. The predicted octanol–water partition coefficient (Wildman–Crippen LogP) is 0.374. The molecular weight excluding hydrogens is 272 g/mol. The summed E-state index contributed by atoms with van der Waals surface area (Å²) >= 11 is 1.83. The van der Waals surface area contributed by atoms with Crippen molar-refractivity contribution in [1.82, 2.24) is 8.61 Å². The van der Waals surface area contributed by atoms with Crippen LogP contribution in [-0.2, 0) is 10.2 Å². The Balaban J connectivity index is 1.97. The van der Waals surface area contributed by atoms with E-state index in [-0.39, 0.29) is 12.5 Å². The van der Waals surface area contributed by atoms with Crippen molar-refractivity contribution in [3.63, 3.8) is 0 Å². The van der Waals surface area contributed by atoms with E-state index in [0.717, 1.165) is 30.8 Å². The third kappa shape index (κ3) is 3.39. The Bertz CT molecular complexity index is 345. The first kappa shape index (κ1) is 14.6. The zero-order valence-corrected chi connectivity index (χ0v) is 12.3. The SMILES string of the molecule is O=S(=O)(N1CCCSCC1)N1CCC(CO)CC1. The van der Waals surface area contributed by atoms with Crippen LogP contribution in [0.1, 0.15) is 19.3 Å². The van der Waals surface area contributed by atoms with E-state index >= 15 is 0 Å². The quantitative estimate of drug-likeness (QED) is 0.817. The number of hydrogen-bond acceptors (Lipinski definition) is 4. The maximum atomic E-state index is 12.5. The van der Waals surface area contributed by atoms with Crippen molar-refractivity contribution in [2.75, 3.05) is 44.3 Å². The fraction of sp³-hybridized carbons (Fsp3) is 1.00. The Morgan fingerprint density at radius 2 is 1.72 bits per heavy atom. The predicted molar refractivity (Wildman–Crippen MR) is 73.8 cm³/mol. The van der Waals surface area contributed by atoms with E-state index in [2.05, 4.69) is 0 Å². The Morgan fingerprint density at radius 3 is 2.39 bits per heavy atom. The van der Waals surface area contributed by atoms with Crippen LogP contribution in [0.15, 0.2) is 0 Å². The van der Waals surface area contributed by atoms with E-state index < -0.39 is 10.2 Å². The molecule has 0 saturated carbocycles. The number of nitrogens with zero attached hydrogens (tertiary/aromatic N) is 2. The number of aliphatic hydroxyl groups is 1. The molecule has 0 aromatic rings. The van der Waals surface area contributed by atoms with E-state index in [9.17, 15) is 8.42 Å². The molecule has 2 rings (SSSR count). The molecular formula is C11H22N2O3S2. The highest BCUT2D eigenvalue weighted by atomic mass is 32.2. The highest BCUT2D eigenvalue weighted by molar-refractivity contribution is 7.99. The smallest absolute Gasteiger partial charge is 0.282 e. The van der Waals surface area contributed by atoms with Crippen LogP contribution in [0.25, 0.3) is 0 Å². The van der Waals surface area contributed by atoms with Crippen molar-refractivity contribution in [3.8, 4) is 0 Å². The highest BCUT2D eigenvalue weighted by Crippen LogP contribution is 2.22. The molecule has 2 aliphatic heterocycles. The maximum Gasteiger partial charge on any atom is 0.282 e. The van der Waals surface area contributed by atoms with Gasteiger partial charge in [0.2, 0.25) is 0 Å². The second-order valence-electron chi connectivity index (χ2n) is 4.90. The Morgan fingerprint density at radius 1 is 1.06 bits per heavy atom. The van der Waals surface area contributed by atoms with Crippen LogP contribution >= 0.6 is 11.8 Å². The fourth-order valence-corrected chi connectivity index (χ4v) is 5.12. The summed E-state index contributed by atoms with van der Waals surface area (Å²) in [5.41, 5.74) is 0. The molecule has 0 unspecified atom stereocenters. The zero-order valence-electron chi connectivity index (χ0n) is 10.6. The van der Waals surface area contributed by atoms with Gasteiger partial charge in [-0.1, -0.05) is 0 Å². The van der Waals surface area contributed by atoms with Gasteiger partial charge in [0.25, 0.3) is 10.2 Å². The maximum absolute atomic E-state index is 12.5. The molecule has 2 aliphatic rings. The molecule has 2 saturated heterocycles. The van der Waals surface area contributed by atoms with E-state index in [0.29, 0.717) is 26.2 Å². The lowest BCUT2D eigenvalue weighted by Crippen LogP contribution is -2.48. The molecule has 7 heteroatoms. The van der Waals surface area contributed by atoms with E-state index in [4.69, 9.17) is 5.11 Å². The van der Waals surface area contributed by atoms with Gasteiger partial charge in [-0.05, 0) is 30.9 Å². The molecule has 18 heavy (non-hydrogen) atoms. The summed E-state index contributed by atoms with van der Waals surface area (Å²) in [4.78, 5) is 0. The molecule has 0 aliphatic carbocycles. The van der Waals surface area contributed by atoms with Crippen LogP contribution < -0.4 is 0 Å². The molecule has 2 fully saturated rings. The lowest BCUT2D eigenvalue weighted by atomic mass is 10.00. The van der Waals surface area contributed by atoms with Crippen LogP contribution in [0.4, 0.5) is 0 Å². The Kier molecular flexibility index (Phi) is 5.32. The number of rotatable bonds is 3. The minimum atomic E-state index is -3.27. The van der Waals surface area contributed by atoms with Gasteiger partial charge >= 0.3 is 0 Å². The van der Waals surface area contributed by atoms with Gasteiger partial charge in [-0.2, -0.15) is 28.8 Å². The van der Waals surface area contributed by atoms with Gasteiger partial charge in [0.05, 0.1) is 0 Å². The van der Waals surface area contributed by atoms with E-state index in [1.54, 1.807) is 8.61 Å². The lowest BCUT2D eigenvalue weighted by molar-refractivity contribution is 0.166. The third-order valence-electron chi connectivity index (χ3n) is 3.67. The van der Waals surface area contributed by atoms with Gasteiger partial charge in [0, 0.05) is 38.5 Å². The molecule has 1 N–H and O–H groups in total. The molecule has 2 heterocycles. The molecule has 0 spiro atoms. The number of hydrogen-bond donors (Lipinski definition) is 1. The van der Waals surface area contributed by atoms with Gasteiger partial charge in [0.15, 0.2) is 0 Å². The molecule has 0 aromatic heterocycles. The monoisotopic (exact) mass is 294 g/mol. The van der Waals surface area contributed by atoms with E-state index in [1.165, 1.54) is 0 Å². The first-order chi connectivity index (χ1) is 8.64. The van der Waals surface area contributed by atoms with Crippen LogP contribution in [0.5, 0.6) is 0 Å². The molecule has 0 amide bonds. The van der Waals surface area contributed by atoms with Crippen molar-refractivity contribution in [2.45, 2.75) is 19.3 Å². The molecule has 106 valence electrons. The highest BCUT2D eigenvalue weighted by Gasteiger charge is 2.32. The van der Waals surface area contributed by atoms with Crippen LogP contribution in [-0.4, -0.2) is 66.4 Å². The summed E-state index contributed by atoms with van der Waals surface area (Å²) in [6, 6.07) is 0. The zero-order chi connectivity index (χ0) is 13.0. The first-order valence-electron chi connectivity index (χ1n) is 6.58. The summed E-state index contributed by atoms with van der Waals surface area (Å²) in [5.74, 6) is 2.22. The minimum absolute atomic E-state index is 0.175. The average molecular weight is 294 g/mol. The summed E-state index contributed by atoms with van der Waals surface area (Å²) in [6.45, 7) is 2.56. The summed E-state index contributed by atoms with van der Waals surface area (Å²) in [7, 11) is -3.27. The van der Waals surface area contributed by atoms with Crippen LogP contribution in [0.3, 0.4) is 0 Å². The molecule has 0 radical (unpaired) electrons. The summed E-state index contributed by atoms with van der Waals surface area (Å²) < 4.78 is 28.2. The molecule has 0 atom stereocenters. The van der Waals surface area contributed by atoms with Gasteiger partial charge in [-0.3, -0.25) is 0 Å². The minimum Gasteiger partial charge on any atom is -0.396 e. The second kappa shape index (κ2) is 6.56. The van der Waals surface area contributed by atoms with Gasteiger partial charge in [-0.15, -0.1) is 0 Å². The van der Waals surface area contributed by atoms with Gasteiger partial charge in [-0.25, -0.2) is 0 Å². The third-order valence-corrected chi connectivity index (χ3v) is 6.75. The number of piperidine rings is 1. The average Bonchev–Trinajstić information content (AvgIpc) is 2.68. The van der Waals surface area contributed by atoms with Crippen LogP contribution in [0, 0.1) is 5.92 Å². The van der Waals surface area contributed by atoms with Crippen molar-refractivity contribution in [1.29, 1.82) is 0 Å². The Hall–Kier alpha value is 0.180. The van der Waals surface area contributed by atoms with Gasteiger partial charge in [0.1, 0.15) is 0 Å². The van der Waals surface area contributed by atoms with Crippen molar-refractivity contribution in [2.24, 2.45) is 5.92 Å². The second-order valence-corrected chi connectivity index (χ2v) is 8.05. The Labute approximate surface area is 114 Å². The number of thioether (sulfide) groups is 1. The van der Waals surface area contributed by atoms with E-state index in [1.807, 2.05) is 11.8 Å². The topological polar surface area (TPSA) is 60.9 Å².